The molecule has 2 amide bonds. The number of carbonyl (C=O) groups is 2. The molecule has 4 bridgehead atoms. The third kappa shape index (κ3) is 3.11. The number of likely N-dealkylation sites (tertiary alicyclic amines) is 1. The van der Waals surface area contributed by atoms with Crippen LogP contribution in [0.1, 0.15) is 63.9 Å². The molecule has 4 saturated carbocycles. The van der Waals surface area contributed by atoms with E-state index in [9.17, 15) is 9.59 Å². The van der Waals surface area contributed by atoms with Crippen LogP contribution < -0.4 is 5.32 Å². The lowest BCUT2D eigenvalue weighted by Crippen LogP contribution is -2.65. The van der Waals surface area contributed by atoms with E-state index < -0.39 is 5.54 Å². The van der Waals surface area contributed by atoms with E-state index in [2.05, 4.69) is 22.4 Å². The summed E-state index contributed by atoms with van der Waals surface area (Å²) in [6.07, 6.45) is 11.4. The van der Waals surface area contributed by atoms with Crippen LogP contribution in [0.4, 0.5) is 0 Å². The molecule has 1 atom stereocenters. The largest absolute Gasteiger partial charge is 0.361 e. The Labute approximate surface area is 184 Å². The fourth-order valence-corrected chi connectivity index (χ4v) is 7.71. The zero-order chi connectivity index (χ0) is 21.2. The predicted octanol–water partition coefficient (Wildman–Crippen LogP) is 4.18. The van der Waals surface area contributed by atoms with Crippen LogP contribution in [0.3, 0.4) is 0 Å². The molecule has 2 aromatic rings. The number of fused-ring (bicyclic) bond motifs is 1. The maximum Gasteiger partial charge on any atom is 0.246 e. The number of hydrogen-bond donors (Lipinski definition) is 2. The summed E-state index contributed by atoms with van der Waals surface area (Å²) in [5.41, 5.74) is 1.59. The van der Waals surface area contributed by atoms with Gasteiger partial charge in [0.05, 0.1) is 0 Å². The summed E-state index contributed by atoms with van der Waals surface area (Å²) < 4.78 is 0. The highest BCUT2D eigenvalue weighted by atomic mass is 16.2. The molecule has 2 heterocycles. The first-order valence-electron chi connectivity index (χ1n) is 12.1. The number of aromatic amines is 1. The van der Waals surface area contributed by atoms with E-state index >= 15 is 0 Å². The number of nitrogens with one attached hydrogen (secondary N) is 2. The second kappa shape index (κ2) is 6.85. The highest BCUT2D eigenvalue weighted by Crippen LogP contribution is 2.55. The molecule has 4 aliphatic carbocycles. The van der Waals surface area contributed by atoms with Gasteiger partial charge in [-0.25, -0.2) is 0 Å². The molecule has 1 saturated heterocycles. The van der Waals surface area contributed by atoms with Gasteiger partial charge in [-0.1, -0.05) is 18.2 Å². The smallest absolute Gasteiger partial charge is 0.246 e. The third-order valence-corrected chi connectivity index (χ3v) is 8.91. The molecule has 1 aromatic carbocycles. The summed E-state index contributed by atoms with van der Waals surface area (Å²) >= 11 is 0. The molecule has 2 N–H and O–H groups in total. The maximum absolute atomic E-state index is 13.7. The molecule has 1 aromatic heterocycles. The van der Waals surface area contributed by atoms with Crippen molar-refractivity contribution in [3.05, 3.63) is 36.0 Å². The van der Waals surface area contributed by atoms with Gasteiger partial charge in [-0.2, -0.15) is 0 Å². The fourth-order valence-electron chi connectivity index (χ4n) is 7.71. The fraction of sp³-hybridized carbons (Fsp3) is 0.615. The van der Waals surface area contributed by atoms with Gasteiger partial charge < -0.3 is 15.2 Å². The molecule has 1 aliphatic heterocycles. The van der Waals surface area contributed by atoms with E-state index in [4.69, 9.17) is 0 Å². The minimum absolute atomic E-state index is 0.0109. The van der Waals surface area contributed by atoms with E-state index in [1.807, 2.05) is 30.2 Å². The summed E-state index contributed by atoms with van der Waals surface area (Å²) in [6, 6.07) is 8.26. The van der Waals surface area contributed by atoms with Gasteiger partial charge >= 0.3 is 0 Å². The van der Waals surface area contributed by atoms with Gasteiger partial charge in [0.2, 0.25) is 11.8 Å². The van der Waals surface area contributed by atoms with E-state index in [1.54, 1.807) is 0 Å². The van der Waals surface area contributed by atoms with Gasteiger partial charge in [0.1, 0.15) is 5.54 Å². The Bertz CT molecular complexity index is 1000. The average Bonchev–Trinajstić information content (AvgIpc) is 3.27. The Balaban J connectivity index is 1.19. The van der Waals surface area contributed by atoms with Crippen LogP contribution >= 0.6 is 0 Å². The van der Waals surface area contributed by atoms with Crippen LogP contribution in [0.2, 0.25) is 0 Å². The molecular weight excluding hydrogens is 386 g/mol. The number of hydrogen-bond acceptors (Lipinski definition) is 2. The Kier molecular flexibility index (Phi) is 4.28. The quantitative estimate of drug-likeness (QED) is 0.764. The van der Waals surface area contributed by atoms with Crippen molar-refractivity contribution < 1.29 is 9.59 Å². The van der Waals surface area contributed by atoms with Gasteiger partial charge in [0.25, 0.3) is 0 Å². The van der Waals surface area contributed by atoms with Crippen molar-refractivity contribution >= 4 is 22.7 Å². The molecule has 5 nitrogen and oxygen atoms in total. The first kappa shape index (κ1) is 19.4. The number of benzene rings is 1. The molecule has 7 rings (SSSR count). The predicted molar refractivity (Wildman–Crippen MR) is 120 cm³/mol. The molecular formula is C26H33N3O2. The highest BCUT2D eigenvalue weighted by molar-refractivity contribution is 5.95. The topological polar surface area (TPSA) is 65.2 Å². The molecule has 1 unspecified atom stereocenters. The number of rotatable bonds is 5. The summed E-state index contributed by atoms with van der Waals surface area (Å²) in [5, 5.41) is 4.74. The van der Waals surface area contributed by atoms with Crippen molar-refractivity contribution in [1.29, 1.82) is 0 Å². The SMILES string of the molecule is CC1(C(=O)NC23CC4CC(CC(C4)C2)C3)CCC(=O)N1CCc1c[nH]c2ccccc12. The first-order valence-corrected chi connectivity index (χ1v) is 12.1. The maximum atomic E-state index is 13.7. The first-order chi connectivity index (χ1) is 14.9. The summed E-state index contributed by atoms with van der Waals surface area (Å²) in [5.74, 6) is 2.58. The second-order valence-electron chi connectivity index (χ2n) is 11.1. The van der Waals surface area contributed by atoms with Crippen molar-refractivity contribution in [1.82, 2.24) is 15.2 Å². The van der Waals surface area contributed by atoms with Crippen LogP contribution in [0, 0.1) is 17.8 Å². The van der Waals surface area contributed by atoms with Crippen molar-refractivity contribution in [2.24, 2.45) is 17.8 Å². The molecule has 5 heteroatoms. The second-order valence-corrected chi connectivity index (χ2v) is 11.1. The van der Waals surface area contributed by atoms with Crippen LogP contribution in [0.25, 0.3) is 10.9 Å². The van der Waals surface area contributed by atoms with E-state index in [-0.39, 0.29) is 17.4 Å². The molecule has 5 fully saturated rings. The molecule has 5 aliphatic rings. The van der Waals surface area contributed by atoms with Crippen molar-refractivity contribution in [2.45, 2.75) is 75.8 Å². The standard InChI is InChI=1S/C26H33N3O2/c1-25(24(31)28-26-13-17-10-18(14-26)12-19(11-17)15-26)8-6-23(30)29(25)9-7-20-16-27-22-5-3-2-4-21(20)22/h2-5,16-19,27H,6-15H2,1H3,(H,28,31). The lowest BCUT2D eigenvalue weighted by Gasteiger charge is -2.57. The summed E-state index contributed by atoms with van der Waals surface area (Å²) in [6.45, 7) is 2.58. The zero-order valence-electron chi connectivity index (χ0n) is 18.5. The summed E-state index contributed by atoms with van der Waals surface area (Å²) in [4.78, 5) is 31.7. The van der Waals surface area contributed by atoms with Gasteiger partial charge in [-0.3, -0.25) is 9.59 Å². The van der Waals surface area contributed by atoms with Gasteiger partial charge in [-0.05, 0) is 87.7 Å². The number of para-hydroxylation sites is 1. The van der Waals surface area contributed by atoms with Crippen LogP contribution in [-0.2, 0) is 16.0 Å². The van der Waals surface area contributed by atoms with E-state index in [0.29, 0.717) is 19.4 Å². The average molecular weight is 420 g/mol. The Hall–Kier alpha value is -2.30. The van der Waals surface area contributed by atoms with Gasteiger partial charge in [-0.15, -0.1) is 0 Å². The minimum Gasteiger partial charge on any atom is -0.361 e. The normalized spacial score (nSPS) is 36.5. The van der Waals surface area contributed by atoms with Gasteiger partial charge in [0, 0.05) is 35.6 Å². The Morgan fingerprint density at radius 2 is 1.81 bits per heavy atom. The number of carbonyl (C=O) groups excluding carboxylic acids is 2. The van der Waals surface area contributed by atoms with Gasteiger partial charge in [0.15, 0.2) is 0 Å². The highest BCUT2D eigenvalue weighted by Gasteiger charge is 2.54. The van der Waals surface area contributed by atoms with Crippen LogP contribution in [-0.4, -0.2) is 39.3 Å². The lowest BCUT2D eigenvalue weighted by molar-refractivity contribution is -0.144. The van der Waals surface area contributed by atoms with E-state index in [1.165, 1.54) is 30.2 Å². The van der Waals surface area contributed by atoms with Crippen LogP contribution in [0.15, 0.2) is 30.5 Å². The van der Waals surface area contributed by atoms with Crippen molar-refractivity contribution in [3.63, 3.8) is 0 Å². The Morgan fingerprint density at radius 1 is 1.13 bits per heavy atom. The molecule has 164 valence electrons. The monoisotopic (exact) mass is 419 g/mol. The van der Waals surface area contributed by atoms with Crippen molar-refractivity contribution in [3.8, 4) is 0 Å². The Morgan fingerprint density at radius 3 is 2.52 bits per heavy atom. The van der Waals surface area contributed by atoms with E-state index in [0.717, 1.165) is 49.0 Å². The molecule has 0 radical (unpaired) electrons. The number of aromatic nitrogens is 1. The van der Waals surface area contributed by atoms with Crippen molar-refractivity contribution in [2.75, 3.05) is 6.54 Å². The lowest BCUT2D eigenvalue weighted by atomic mass is 9.53. The summed E-state index contributed by atoms with van der Waals surface area (Å²) in [7, 11) is 0. The number of H-pyrrole nitrogens is 1. The van der Waals surface area contributed by atoms with Crippen LogP contribution in [0.5, 0.6) is 0 Å². The number of amides is 2. The third-order valence-electron chi connectivity index (χ3n) is 8.91. The molecule has 31 heavy (non-hydrogen) atoms. The zero-order valence-corrected chi connectivity index (χ0v) is 18.5. The minimum atomic E-state index is -0.730. The molecule has 0 spiro atoms. The number of nitrogens with zero attached hydrogens (tertiary/aromatic N) is 1.